The van der Waals surface area contributed by atoms with Gasteiger partial charge in [-0.25, -0.2) is 0 Å². The molecule has 2 aromatic rings. The normalized spacial score (nSPS) is 14.0. The lowest BCUT2D eigenvalue weighted by Gasteiger charge is -2.21. The Morgan fingerprint density at radius 3 is 2.95 bits per heavy atom. The molecule has 0 saturated heterocycles. The van der Waals surface area contributed by atoms with Crippen LogP contribution in [0, 0.1) is 0 Å². The van der Waals surface area contributed by atoms with Crippen molar-refractivity contribution in [3.8, 4) is 11.5 Å². The number of carbonyl (C=O) groups is 1. The highest BCUT2D eigenvalue weighted by molar-refractivity contribution is 7.10. The molecule has 6 heteroatoms. The highest BCUT2D eigenvalue weighted by Gasteiger charge is 2.21. The average Bonchev–Trinajstić information content (AvgIpc) is 3.16. The topological polar surface area (TPSA) is 64.8 Å². The monoisotopic (exact) mass is 304 g/mol. The molecule has 0 bridgehead atoms. The van der Waals surface area contributed by atoms with Gasteiger partial charge in [0.15, 0.2) is 11.5 Å². The van der Waals surface area contributed by atoms with Gasteiger partial charge >= 0.3 is 0 Å². The lowest BCUT2D eigenvalue weighted by Crippen LogP contribution is -2.35. The number of nitrogens with two attached hydrogens (primary N) is 1. The second-order valence-electron chi connectivity index (χ2n) is 4.88. The fourth-order valence-electron chi connectivity index (χ4n) is 2.22. The van der Waals surface area contributed by atoms with Crippen LogP contribution in [0.25, 0.3) is 0 Å². The van der Waals surface area contributed by atoms with Crippen molar-refractivity contribution in [2.24, 2.45) is 5.73 Å². The van der Waals surface area contributed by atoms with Crippen LogP contribution < -0.4 is 15.2 Å². The number of likely N-dealkylation sites (N-methyl/N-ethyl adjacent to an activating group) is 1. The first-order chi connectivity index (χ1) is 10.1. The van der Waals surface area contributed by atoms with E-state index in [4.69, 9.17) is 15.2 Å². The van der Waals surface area contributed by atoms with E-state index >= 15 is 0 Å². The number of nitrogens with zero attached hydrogens (tertiary/aromatic N) is 1. The zero-order chi connectivity index (χ0) is 14.8. The Balaban J connectivity index is 1.68. The van der Waals surface area contributed by atoms with Crippen LogP contribution in [0.3, 0.4) is 0 Å². The minimum Gasteiger partial charge on any atom is -0.454 e. The number of hydrogen-bond donors (Lipinski definition) is 1. The van der Waals surface area contributed by atoms with Crippen LogP contribution in [0.2, 0.25) is 0 Å². The Hall–Kier alpha value is -2.05. The van der Waals surface area contributed by atoms with Gasteiger partial charge in [-0.1, -0.05) is 12.1 Å². The summed E-state index contributed by atoms with van der Waals surface area (Å²) in [6, 6.07) is 8.84. The Morgan fingerprint density at radius 2 is 2.19 bits per heavy atom. The molecule has 1 aliphatic heterocycles. The van der Waals surface area contributed by atoms with Gasteiger partial charge in [0.2, 0.25) is 12.7 Å². The fraction of sp³-hybridized carbons (Fsp3) is 0.267. The van der Waals surface area contributed by atoms with E-state index in [1.807, 2.05) is 35.7 Å². The zero-order valence-corrected chi connectivity index (χ0v) is 12.4. The van der Waals surface area contributed by atoms with Crippen molar-refractivity contribution in [2.45, 2.75) is 12.6 Å². The number of fused-ring (bicyclic) bond motifs is 1. The molecule has 3 rings (SSSR count). The summed E-state index contributed by atoms with van der Waals surface area (Å²) in [7, 11) is 1.75. The second-order valence-corrected chi connectivity index (χ2v) is 5.85. The molecule has 0 saturated carbocycles. The minimum absolute atomic E-state index is 0.102. The van der Waals surface area contributed by atoms with Crippen LogP contribution in [0.5, 0.6) is 11.5 Å². The Labute approximate surface area is 126 Å². The summed E-state index contributed by atoms with van der Waals surface area (Å²) < 4.78 is 10.6. The molecule has 1 atom stereocenters. The molecule has 0 aliphatic carbocycles. The van der Waals surface area contributed by atoms with Gasteiger partial charge in [0.1, 0.15) is 6.04 Å². The Kier molecular flexibility index (Phi) is 3.81. The quantitative estimate of drug-likeness (QED) is 0.940. The average molecular weight is 304 g/mol. The maximum absolute atomic E-state index is 12.3. The maximum atomic E-state index is 12.3. The van der Waals surface area contributed by atoms with E-state index in [9.17, 15) is 4.79 Å². The Bertz CT molecular complexity index is 642. The fourth-order valence-corrected chi connectivity index (χ4v) is 2.94. The summed E-state index contributed by atoms with van der Waals surface area (Å²) in [5.41, 5.74) is 6.98. The van der Waals surface area contributed by atoms with E-state index < -0.39 is 6.04 Å². The predicted molar refractivity (Wildman–Crippen MR) is 80.3 cm³/mol. The molecule has 5 nitrogen and oxygen atoms in total. The molecule has 1 aromatic carbocycles. The molecule has 1 aromatic heterocycles. The second kappa shape index (κ2) is 5.75. The highest BCUT2D eigenvalue weighted by atomic mass is 32.1. The molecule has 1 amide bonds. The van der Waals surface area contributed by atoms with Crippen molar-refractivity contribution in [1.82, 2.24) is 4.90 Å². The molecule has 0 spiro atoms. The lowest BCUT2D eigenvalue weighted by atomic mass is 10.1. The van der Waals surface area contributed by atoms with E-state index in [2.05, 4.69) is 0 Å². The molecular formula is C15H16N2O3S. The van der Waals surface area contributed by atoms with Gasteiger partial charge in [0.25, 0.3) is 0 Å². The summed E-state index contributed by atoms with van der Waals surface area (Å²) in [6.07, 6.45) is 0. The molecule has 1 aliphatic rings. The van der Waals surface area contributed by atoms with Gasteiger partial charge in [-0.15, -0.1) is 11.3 Å². The predicted octanol–water partition coefficient (Wildman–Crippen LogP) is 2.14. The summed E-state index contributed by atoms with van der Waals surface area (Å²) in [5.74, 6) is 1.36. The lowest BCUT2D eigenvalue weighted by molar-refractivity contribution is -0.131. The van der Waals surface area contributed by atoms with E-state index in [1.165, 1.54) is 11.3 Å². The summed E-state index contributed by atoms with van der Waals surface area (Å²) in [6.45, 7) is 0.728. The van der Waals surface area contributed by atoms with Crippen LogP contribution >= 0.6 is 11.3 Å². The van der Waals surface area contributed by atoms with Gasteiger partial charge in [-0.05, 0) is 29.1 Å². The van der Waals surface area contributed by atoms with Gasteiger partial charge < -0.3 is 20.1 Å². The number of benzene rings is 1. The molecule has 1 unspecified atom stereocenters. The van der Waals surface area contributed by atoms with Gasteiger partial charge in [0, 0.05) is 18.5 Å². The van der Waals surface area contributed by atoms with Gasteiger partial charge in [0.05, 0.1) is 0 Å². The van der Waals surface area contributed by atoms with Gasteiger partial charge in [-0.2, -0.15) is 0 Å². The molecule has 0 radical (unpaired) electrons. The third-order valence-electron chi connectivity index (χ3n) is 3.35. The minimum atomic E-state index is -0.607. The first kappa shape index (κ1) is 13.9. The molecule has 21 heavy (non-hydrogen) atoms. The largest absolute Gasteiger partial charge is 0.454 e. The number of hydrogen-bond acceptors (Lipinski definition) is 5. The summed E-state index contributed by atoms with van der Waals surface area (Å²) in [4.78, 5) is 14.8. The van der Waals surface area contributed by atoms with Crippen LogP contribution in [-0.4, -0.2) is 24.6 Å². The standard InChI is InChI=1S/C15H16N2O3S/c1-17(15(18)14(16)13-3-2-6-21-13)8-10-4-5-11-12(7-10)20-9-19-11/h2-7,14H,8-9,16H2,1H3. The van der Waals surface area contributed by atoms with E-state index in [0.29, 0.717) is 6.54 Å². The van der Waals surface area contributed by atoms with Crippen molar-refractivity contribution in [1.29, 1.82) is 0 Å². The highest BCUT2D eigenvalue weighted by Crippen LogP contribution is 2.32. The van der Waals surface area contributed by atoms with E-state index in [0.717, 1.165) is 21.9 Å². The number of thiophene rings is 1. The van der Waals surface area contributed by atoms with Crippen molar-refractivity contribution in [2.75, 3.05) is 13.8 Å². The van der Waals surface area contributed by atoms with Crippen LogP contribution in [0.4, 0.5) is 0 Å². The number of ether oxygens (including phenoxy) is 2. The van der Waals surface area contributed by atoms with Crippen LogP contribution in [0.15, 0.2) is 35.7 Å². The number of amides is 1. The molecule has 0 fully saturated rings. The number of rotatable bonds is 4. The summed E-state index contributed by atoms with van der Waals surface area (Å²) in [5, 5.41) is 1.92. The third-order valence-corrected chi connectivity index (χ3v) is 4.30. The molecule has 110 valence electrons. The van der Waals surface area contributed by atoms with Gasteiger partial charge in [-0.3, -0.25) is 4.79 Å². The van der Waals surface area contributed by atoms with Crippen molar-refractivity contribution < 1.29 is 14.3 Å². The van der Waals surface area contributed by atoms with Crippen molar-refractivity contribution in [3.05, 3.63) is 46.2 Å². The first-order valence-electron chi connectivity index (χ1n) is 6.57. The Morgan fingerprint density at radius 1 is 1.38 bits per heavy atom. The summed E-state index contributed by atoms with van der Waals surface area (Å²) >= 11 is 1.49. The zero-order valence-electron chi connectivity index (χ0n) is 11.6. The van der Waals surface area contributed by atoms with Crippen LogP contribution in [0.1, 0.15) is 16.5 Å². The third kappa shape index (κ3) is 2.86. The van der Waals surface area contributed by atoms with Crippen molar-refractivity contribution in [3.63, 3.8) is 0 Å². The SMILES string of the molecule is CN(Cc1ccc2c(c1)OCO2)C(=O)C(N)c1cccs1. The first-order valence-corrected chi connectivity index (χ1v) is 7.45. The maximum Gasteiger partial charge on any atom is 0.244 e. The van der Waals surface area contributed by atoms with Crippen molar-refractivity contribution >= 4 is 17.2 Å². The smallest absolute Gasteiger partial charge is 0.244 e. The van der Waals surface area contributed by atoms with Crippen LogP contribution in [-0.2, 0) is 11.3 Å². The molecule has 2 heterocycles. The molecule has 2 N–H and O–H groups in total. The number of carbonyl (C=O) groups excluding carboxylic acids is 1. The van der Waals surface area contributed by atoms with E-state index in [1.54, 1.807) is 11.9 Å². The molecular weight excluding hydrogens is 288 g/mol. The van der Waals surface area contributed by atoms with E-state index in [-0.39, 0.29) is 12.7 Å².